The third kappa shape index (κ3) is 3.61. The zero-order valence-electron chi connectivity index (χ0n) is 9.93. The van der Waals surface area contributed by atoms with E-state index in [1.54, 1.807) is 6.92 Å². The van der Waals surface area contributed by atoms with Crippen LogP contribution in [0.25, 0.3) is 0 Å². The average Bonchev–Trinajstić information content (AvgIpc) is 2.35. The average molecular weight is 266 g/mol. The molecule has 18 heavy (non-hydrogen) atoms. The molecule has 4 N–H and O–H groups in total. The molecule has 1 rings (SSSR count). The molecular weight excluding hydrogens is 248 g/mol. The van der Waals surface area contributed by atoms with E-state index in [1.807, 2.05) is 0 Å². The first-order valence-electron chi connectivity index (χ1n) is 5.59. The quantitative estimate of drug-likeness (QED) is 0.398. The van der Waals surface area contributed by atoms with E-state index >= 15 is 0 Å². The zero-order valence-corrected chi connectivity index (χ0v) is 9.93. The first kappa shape index (κ1) is 15.3. The van der Waals surface area contributed by atoms with Gasteiger partial charge in [-0.1, -0.05) is 0 Å². The van der Waals surface area contributed by atoms with Crippen LogP contribution < -0.4 is 0 Å². The molecular formula is C10H18O8. The summed E-state index contributed by atoms with van der Waals surface area (Å²) in [5, 5.41) is 37.4. The fourth-order valence-electron chi connectivity index (χ4n) is 1.56. The SMILES string of the molecule is CCOC(=O)CO[C@H]1O[C@H](CO)[C@@H](O)[C@H](O)[C@H]1O. The van der Waals surface area contributed by atoms with Crippen molar-refractivity contribution in [3.63, 3.8) is 0 Å². The van der Waals surface area contributed by atoms with Gasteiger partial charge < -0.3 is 34.6 Å². The number of hydrogen-bond donors (Lipinski definition) is 4. The van der Waals surface area contributed by atoms with Crippen molar-refractivity contribution in [3.05, 3.63) is 0 Å². The number of esters is 1. The van der Waals surface area contributed by atoms with E-state index in [0.29, 0.717) is 0 Å². The van der Waals surface area contributed by atoms with Gasteiger partial charge in [-0.25, -0.2) is 4.79 Å². The van der Waals surface area contributed by atoms with Crippen molar-refractivity contribution in [2.75, 3.05) is 19.8 Å². The maximum atomic E-state index is 11.0. The summed E-state index contributed by atoms with van der Waals surface area (Å²) in [4.78, 5) is 11.0. The number of hydrogen-bond acceptors (Lipinski definition) is 8. The first-order chi connectivity index (χ1) is 8.51. The zero-order chi connectivity index (χ0) is 13.7. The smallest absolute Gasteiger partial charge is 0.332 e. The number of rotatable bonds is 5. The summed E-state index contributed by atoms with van der Waals surface area (Å²) in [6, 6.07) is 0. The van der Waals surface area contributed by atoms with E-state index in [9.17, 15) is 20.1 Å². The Morgan fingerprint density at radius 2 is 1.89 bits per heavy atom. The van der Waals surface area contributed by atoms with E-state index in [4.69, 9.17) is 14.6 Å². The van der Waals surface area contributed by atoms with Crippen LogP contribution in [-0.2, 0) is 19.0 Å². The Bertz CT molecular complexity index is 269. The Morgan fingerprint density at radius 3 is 2.44 bits per heavy atom. The predicted molar refractivity (Wildman–Crippen MR) is 56.4 cm³/mol. The summed E-state index contributed by atoms with van der Waals surface area (Å²) >= 11 is 0. The van der Waals surface area contributed by atoms with Gasteiger partial charge in [0.1, 0.15) is 31.0 Å². The van der Waals surface area contributed by atoms with Crippen LogP contribution in [0.15, 0.2) is 0 Å². The molecule has 0 aromatic carbocycles. The Hall–Kier alpha value is -0.770. The normalized spacial score (nSPS) is 36.4. The third-order valence-electron chi connectivity index (χ3n) is 2.52. The first-order valence-corrected chi connectivity index (χ1v) is 5.59. The summed E-state index contributed by atoms with van der Waals surface area (Å²) in [7, 11) is 0. The van der Waals surface area contributed by atoms with Gasteiger partial charge in [-0.3, -0.25) is 0 Å². The van der Waals surface area contributed by atoms with Crippen molar-refractivity contribution in [1.29, 1.82) is 0 Å². The van der Waals surface area contributed by atoms with Gasteiger partial charge in [-0.2, -0.15) is 0 Å². The van der Waals surface area contributed by atoms with E-state index in [0.717, 1.165) is 0 Å². The summed E-state index contributed by atoms with van der Waals surface area (Å²) < 4.78 is 14.6. The van der Waals surface area contributed by atoms with Crippen LogP contribution in [0.2, 0.25) is 0 Å². The Kier molecular flexibility index (Phi) is 5.93. The van der Waals surface area contributed by atoms with Crippen molar-refractivity contribution in [2.24, 2.45) is 0 Å². The highest BCUT2D eigenvalue weighted by atomic mass is 16.7. The van der Waals surface area contributed by atoms with Crippen molar-refractivity contribution in [3.8, 4) is 0 Å². The van der Waals surface area contributed by atoms with Gasteiger partial charge in [0, 0.05) is 0 Å². The standard InChI is InChI=1S/C10H18O8/c1-2-16-6(12)4-17-10-9(15)8(14)7(13)5(3-11)18-10/h5,7-11,13-15H,2-4H2,1H3/t5-,7-,8+,9-,10+/m1/s1. The van der Waals surface area contributed by atoms with E-state index in [2.05, 4.69) is 4.74 Å². The Morgan fingerprint density at radius 1 is 1.22 bits per heavy atom. The molecule has 8 nitrogen and oxygen atoms in total. The second-order valence-electron chi connectivity index (χ2n) is 3.81. The molecule has 0 aromatic heterocycles. The molecule has 5 atom stereocenters. The van der Waals surface area contributed by atoms with E-state index < -0.39 is 49.9 Å². The fourth-order valence-corrected chi connectivity index (χ4v) is 1.56. The minimum absolute atomic E-state index is 0.191. The lowest BCUT2D eigenvalue weighted by molar-refractivity contribution is -0.300. The highest BCUT2D eigenvalue weighted by molar-refractivity contribution is 5.70. The molecule has 0 unspecified atom stereocenters. The molecule has 1 fully saturated rings. The van der Waals surface area contributed by atoms with Gasteiger partial charge in [0.05, 0.1) is 13.2 Å². The number of aliphatic hydroxyl groups is 4. The third-order valence-corrected chi connectivity index (χ3v) is 2.52. The van der Waals surface area contributed by atoms with Crippen LogP contribution in [0.4, 0.5) is 0 Å². The van der Waals surface area contributed by atoms with Crippen LogP contribution in [0.5, 0.6) is 0 Å². The van der Waals surface area contributed by atoms with Gasteiger partial charge in [0.2, 0.25) is 0 Å². The van der Waals surface area contributed by atoms with Crippen LogP contribution in [-0.4, -0.2) is 76.9 Å². The minimum Gasteiger partial charge on any atom is -0.464 e. The van der Waals surface area contributed by atoms with E-state index in [1.165, 1.54) is 0 Å². The summed E-state index contributed by atoms with van der Waals surface area (Å²) in [6.07, 6.45) is -6.87. The minimum atomic E-state index is -1.52. The van der Waals surface area contributed by atoms with Gasteiger partial charge in [-0.05, 0) is 6.92 Å². The molecule has 1 saturated heterocycles. The van der Waals surface area contributed by atoms with Crippen molar-refractivity contribution in [2.45, 2.75) is 37.6 Å². The lowest BCUT2D eigenvalue weighted by Gasteiger charge is -2.39. The molecule has 0 spiro atoms. The van der Waals surface area contributed by atoms with Gasteiger partial charge in [-0.15, -0.1) is 0 Å². The number of aliphatic hydroxyl groups excluding tert-OH is 4. The molecule has 106 valence electrons. The summed E-state index contributed by atoms with van der Waals surface area (Å²) in [5.41, 5.74) is 0. The van der Waals surface area contributed by atoms with Crippen molar-refractivity contribution < 1.29 is 39.4 Å². The lowest BCUT2D eigenvalue weighted by Crippen LogP contribution is -2.59. The molecule has 0 radical (unpaired) electrons. The number of carbonyl (C=O) groups is 1. The van der Waals surface area contributed by atoms with Crippen LogP contribution >= 0.6 is 0 Å². The van der Waals surface area contributed by atoms with Crippen molar-refractivity contribution >= 4 is 5.97 Å². The van der Waals surface area contributed by atoms with Gasteiger partial charge in [0.25, 0.3) is 0 Å². The predicted octanol–water partition coefficient (Wildman–Crippen LogP) is -2.63. The summed E-state index contributed by atoms with van der Waals surface area (Å²) in [5.74, 6) is -0.644. The molecule has 8 heteroatoms. The second-order valence-corrected chi connectivity index (χ2v) is 3.81. The van der Waals surface area contributed by atoms with Crippen molar-refractivity contribution in [1.82, 2.24) is 0 Å². The highest BCUT2D eigenvalue weighted by Crippen LogP contribution is 2.21. The van der Waals surface area contributed by atoms with Crippen LogP contribution in [0.3, 0.4) is 0 Å². The lowest BCUT2D eigenvalue weighted by atomic mass is 9.99. The highest BCUT2D eigenvalue weighted by Gasteiger charge is 2.44. The fraction of sp³-hybridized carbons (Fsp3) is 0.900. The largest absolute Gasteiger partial charge is 0.464 e. The molecule has 1 aliphatic heterocycles. The molecule has 0 amide bonds. The van der Waals surface area contributed by atoms with Crippen LogP contribution in [0.1, 0.15) is 6.92 Å². The molecule has 0 bridgehead atoms. The maximum Gasteiger partial charge on any atom is 0.332 e. The molecule has 0 saturated carbocycles. The Balaban J connectivity index is 2.51. The number of carbonyl (C=O) groups excluding carboxylic acids is 1. The van der Waals surface area contributed by atoms with Crippen LogP contribution in [0, 0.1) is 0 Å². The van der Waals surface area contributed by atoms with E-state index in [-0.39, 0.29) is 6.61 Å². The topological polar surface area (TPSA) is 126 Å². The monoisotopic (exact) mass is 266 g/mol. The molecule has 0 aliphatic carbocycles. The summed E-state index contributed by atoms with van der Waals surface area (Å²) in [6.45, 7) is 0.809. The second kappa shape index (κ2) is 6.98. The van der Waals surface area contributed by atoms with Gasteiger partial charge >= 0.3 is 5.97 Å². The maximum absolute atomic E-state index is 11.0. The molecule has 1 heterocycles. The Labute approximate surface area is 104 Å². The number of ether oxygens (including phenoxy) is 3. The molecule has 1 aliphatic rings. The van der Waals surface area contributed by atoms with Gasteiger partial charge in [0.15, 0.2) is 6.29 Å². The molecule has 0 aromatic rings.